The third kappa shape index (κ3) is 2.16. The van der Waals surface area contributed by atoms with Gasteiger partial charge >= 0.3 is 0 Å². The number of aromatic nitrogens is 1. The van der Waals surface area contributed by atoms with Crippen molar-refractivity contribution in [1.82, 2.24) is 4.98 Å². The van der Waals surface area contributed by atoms with Crippen LogP contribution >= 0.6 is 0 Å². The molecule has 0 unspecified atom stereocenters. The van der Waals surface area contributed by atoms with Gasteiger partial charge in [-0.2, -0.15) is 0 Å². The van der Waals surface area contributed by atoms with Crippen LogP contribution in [0.1, 0.15) is 11.1 Å². The molecule has 2 aromatic rings. The highest BCUT2D eigenvalue weighted by Crippen LogP contribution is 2.30. The van der Waals surface area contributed by atoms with Crippen LogP contribution in [-0.2, 0) is 13.0 Å². The van der Waals surface area contributed by atoms with E-state index in [1.54, 1.807) is 6.20 Å². The number of rotatable bonds is 3. The van der Waals surface area contributed by atoms with Crippen molar-refractivity contribution >= 4 is 5.69 Å². The van der Waals surface area contributed by atoms with Crippen LogP contribution in [0.4, 0.5) is 5.69 Å². The molecule has 0 atom stereocenters. The van der Waals surface area contributed by atoms with Gasteiger partial charge in [0.25, 0.3) is 0 Å². The third-order valence-corrected chi connectivity index (χ3v) is 3.31. The Bertz CT molecular complexity index is 539. The van der Waals surface area contributed by atoms with E-state index >= 15 is 0 Å². The molecule has 3 rings (SSSR count). The second kappa shape index (κ2) is 4.69. The number of hydrogen-bond donors (Lipinski definition) is 0. The van der Waals surface area contributed by atoms with Crippen LogP contribution in [0.25, 0.3) is 0 Å². The van der Waals surface area contributed by atoms with Gasteiger partial charge in [-0.05, 0) is 24.1 Å². The zero-order valence-corrected chi connectivity index (χ0v) is 10.5. The van der Waals surface area contributed by atoms with Gasteiger partial charge in [0.05, 0.1) is 0 Å². The molecule has 0 aliphatic carbocycles. The summed E-state index contributed by atoms with van der Waals surface area (Å²) >= 11 is 0. The molecule has 1 aliphatic rings. The molecule has 3 nitrogen and oxygen atoms in total. The first-order valence-electron chi connectivity index (χ1n) is 6.19. The first kappa shape index (κ1) is 11.1. The predicted octanol–water partition coefficient (Wildman–Crippen LogP) is 2.65. The summed E-state index contributed by atoms with van der Waals surface area (Å²) in [6, 6.07) is 10.3. The summed E-state index contributed by atoms with van der Waals surface area (Å²) < 4.78 is 5.80. The highest BCUT2D eigenvalue weighted by Gasteiger charge is 2.15. The molecule has 0 fully saturated rings. The molecule has 0 saturated heterocycles. The summed E-state index contributed by atoms with van der Waals surface area (Å²) in [5.41, 5.74) is 3.79. The number of anilines is 1. The molecule has 0 spiro atoms. The van der Waals surface area contributed by atoms with Crippen LogP contribution in [0.5, 0.6) is 5.75 Å². The standard InChI is InChI=1S/C15H16N2O/c1-17-8-6-13-4-5-14(9-15(13)17)18-11-12-3-2-7-16-10-12/h2-5,7,9-10H,6,8,11H2,1H3. The van der Waals surface area contributed by atoms with Gasteiger partial charge in [-0.25, -0.2) is 0 Å². The Balaban J connectivity index is 1.72. The van der Waals surface area contributed by atoms with Gasteiger partial charge in [0.1, 0.15) is 12.4 Å². The fourth-order valence-electron chi connectivity index (χ4n) is 2.26. The minimum absolute atomic E-state index is 0.566. The molecule has 0 saturated carbocycles. The van der Waals surface area contributed by atoms with Crippen molar-refractivity contribution in [1.29, 1.82) is 0 Å². The second-order valence-electron chi connectivity index (χ2n) is 4.61. The van der Waals surface area contributed by atoms with Gasteiger partial charge in [0.15, 0.2) is 0 Å². The molecular formula is C15H16N2O. The van der Waals surface area contributed by atoms with Gasteiger partial charge in [-0.1, -0.05) is 12.1 Å². The van der Waals surface area contributed by atoms with Gasteiger partial charge in [0.2, 0.25) is 0 Å². The minimum Gasteiger partial charge on any atom is -0.489 e. The molecule has 3 heteroatoms. The van der Waals surface area contributed by atoms with Gasteiger partial charge in [0, 0.05) is 43.3 Å². The lowest BCUT2D eigenvalue weighted by atomic mass is 10.1. The lowest BCUT2D eigenvalue weighted by molar-refractivity contribution is 0.306. The third-order valence-electron chi connectivity index (χ3n) is 3.31. The number of ether oxygens (including phenoxy) is 1. The van der Waals surface area contributed by atoms with E-state index in [0.717, 1.165) is 24.3 Å². The Kier molecular flexibility index (Phi) is 2.89. The zero-order chi connectivity index (χ0) is 12.4. The number of fused-ring (bicyclic) bond motifs is 1. The molecule has 1 aromatic carbocycles. The van der Waals surface area contributed by atoms with Gasteiger partial charge in [-0.15, -0.1) is 0 Å². The molecule has 0 radical (unpaired) electrons. The summed E-state index contributed by atoms with van der Waals surface area (Å²) in [5, 5.41) is 0. The summed E-state index contributed by atoms with van der Waals surface area (Å²) in [5.74, 6) is 0.923. The van der Waals surface area contributed by atoms with Crippen molar-refractivity contribution in [2.24, 2.45) is 0 Å². The number of pyridine rings is 1. The lowest BCUT2D eigenvalue weighted by Crippen LogP contribution is -2.12. The number of benzene rings is 1. The molecule has 18 heavy (non-hydrogen) atoms. The maximum absolute atomic E-state index is 5.80. The van der Waals surface area contributed by atoms with Crippen LogP contribution in [0.15, 0.2) is 42.7 Å². The Morgan fingerprint density at radius 1 is 1.33 bits per heavy atom. The van der Waals surface area contributed by atoms with E-state index in [0.29, 0.717) is 6.61 Å². The molecule has 0 bridgehead atoms. The van der Waals surface area contributed by atoms with Crippen molar-refractivity contribution in [3.8, 4) is 5.75 Å². The summed E-state index contributed by atoms with van der Waals surface area (Å²) in [4.78, 5) is 6.35. The molecule has 92 valence electrons. The van der Waals surface area contributed by atoms with Crippen LogP contribution in [-0.4, -0.2) is 18.6 Å². The number of likely N-dealkylation sites (N-methyl/N-ethyl adjacent to an activating group) is 1. The van der Waals surface area contributed by atoms with Crippen molar-refractivity contribution < 1.29 is 4.74 Å². The molecule has 2 heterocycles. The average molecular weight is 240 g/mol. The van der Waals surface area contributed by atoms with E-state index in [-0.39, 0.29) is 0 Å². The van der Waals surface area contributed by atoms with E-state index < -0.39 is 0 Å². The Morgan fingerprint density at radius 2 is 2.28 bits per heavy atom. The largest absolute Gasteiger partial charge is 0.489 e. The summed E-state index contributed by atoms with van der Waals surface area (Å²) in [7, 11) is 2.12. The minimum atomic E-state index is 0.566. The average Bonchev–Trinajstić information content (AvgIpc) is 2.79. The lowest BCUT2D eigenvalue weighted by Gasteiger charge is -2.13. The first-order chi connectivity index (χ1) is 8.83. The Hall–Kier alpha value is -2.03. The van der Waals surface area contributed by atoms with E-state index in [9.17, 15) is 0 Å². The van der Waals surface area contributed by atoms with Crippen LogP contribution in [0.3, 0.4) is 0 Å². The first-order valence-corrected chi connectivity index (χ1v) is 6.19. The molecule has 0 amide bonds. The van der Waals surface area contributed by atoms with Crippen LogP contribution in [0.2, 0.25) is 0 Å². The topological polar surface area (TPSA) is 25.4 Å². The summed E-state index contributed by atoms with van der Waals surface area (Å²) in [6.45, 7) is 1.66. The van der Waals surface area contributed by atoms with Crippen molar-refractivity contribution in [3.05, 3.63) is 53.9 Å². The van der Waals surface area contributed by atoms with E-state index in [4.69, 9.17) is 4.74 Å². The van der Waals surface area contributed by atoms with Crippen LogP contribution in [0, 0.1) is 0 Å². The SMILES string of the molecule is CN1CCc2ccc(OCc3cccnc3)cc21. The zero-order valence-electron chi connectivity index (χ0n) is 10.5. The maximum atomic E-state index is 5.80. The molecule has 0 N–H and O–H groups in total. The number of hydrogen-bond acceptors (Lipinski definition) is 3. The molecular weight excluding hydrogens is 224 g/mol. The van der Waals surface area contributed by atoms with Crippen molar-refractivity contribution in [2.75, 3.05) is 18.5 Å². The van der Waals surface area contributed by atoms with Gasteiger partial charge in [-0.3, -0.25) is 4.98 Å². The van der Waals surface area contributed by atoms with Crippen molar-refractivity contribution in [2.45, 2.75) is 13.0 Å². The normalized spacial score (nSPS) is 13.5. The molecule has 1 aromatic heterocycles. The maximum Gasteiger partial charge on any atom is 0.121 e. The smallest absolute Gasteiger partial charge is 0.121 e. The van der Waals surface area contributed by atoms with E-state index in [2.05, 4.69) is 29.1 Å². The highest BCUT2D eigenvalue weighted by atomic mass is 16.5. The predicted molar refractivity (Wildman–Crippen MR) is 72.0 cm³/mol. The van der Waals surface area contributed by atoms with Crippen LogP contribution < -0.4 is 9.64 Å². The van der Waals surface area contributed by atoms with Crippen molar-refractivity contribution in [3.63, 3.8) is 0 Å². The molecule has 1 aliphatic heterocycles. The summed E-state index contributed by atoms with van der Waals surface area (Å²) in [6.07, 6.45) is 4.74. The fraction of sp³-hybridized carbons (Fsp3) is 0.267. The fourth-order valence-corrected chi connectivity index (χ4v) is 2.26. The number of nitrogens with zero attached hydrogens (tertiary/aromatic N) is 2. The second-order valence-corrected chi connectivity index (χ2v) is 4.61. The Morgan fingerprint density at radius 3 is 3.11 bits per heavy atom. The Labute approximate surface area is 107 Å². The highest BCUT2D eigenvalue weighted by molar-refractivity contribution is 5.60. The quantitative estimate of drug-likeness (QED) is 0.824. The van der Waals surface area contributed by atoms with E-state index in [1.807, 2.05) is 24.4 Å². The van der Waals surface area contributed by atoms with Gasteiger partial charge < -0.3 is 9.64 Å². The van der Waals surface area contributed by atoms with E-state index in [1.165, 1.54) is 11.3 Å². The monoisotopic (exact) mass is 240 g/mol.